The molecule has 1 aromatic carbocycles. The first kappa shape index (κ1) is 19.3. The third-order valence-electron chi connectivity index (χ3n) is 7.98. The number of aromatic carboxylic acids is 1. The normalized spacial score (nSPS) is 40.5. The molecule has 0 radical (unpaired) electrons. The van der Waals surface area contributed by atoms with Crippen LogP contribution in [0.25, 0.3) is 0 Å². The Hall–Kier alpha value is -2.67. The first-order valence-electron chi connectivity index (χ1n) is 10.3. The highest BCUT2D eigenvalue weighted by Gasteiger charge is 2.71. The molecule has 4 fully saturated rings. The Morgan fingerprint density at radius 1 is 1.30 bits per heavy atom. The third-order valence-corrected chi connectivity index (χ3v) is 7.98. The monoisotopic (exact) mass is 411 g/mol. The number of hydrogen-bond donors (Lipinski definition) is 3. The van der Waals surface area contributed by atoms with Crippen LogP contribution in [0.4, 0.5) is 5.69 Å². The van der Waals surface area contributed by atoms with E-state index in [-0.39, 0.29) is 46.5 Å². The number of carboxylic acids is 1. The van der Waals surface area contributed by atoms with Gasteiger partial charge in [0.2, 0.25) is 5.91 Å². The Morgan fingerprint density at radius 3 is 2.77 bits per heavy atom. The van der Waals surface area contributed by atoms with Crippen molar-refractivity contribution in [2.45, 2.75) is 51.2 Å². The van der Waals surface area contributed by atoms with E-state index in [2.05, 4.69) is 18.3 Å². The molecular formula is C23H25NO6. The quantitative estimate of drug-likeness (QED) is 0.656. The van der Waals surface area contributed by atoms with Crippen LogP contribution in [0.5, 0.6) is 5.75 Å². The zero-order valence-corrected chi connectivity index (χ0v) is 17.0. The molecule has 0 aromatic heterocycles. The number of phenols is 1. The van der Waals surface area contributed by atoms with Gasteiger partial charge in [-0.25, -0.2) is 4.79 Å². The van der Waals surface area contributed by atoms with Crippen molar-refractivity contribution < 1.29 is 29.3 Å². The lowest BCUT2D eigenvalue weighted by molar-refractivity contribution is -0.170. The van der Waals surface area contributed by atoms with Gasteiger partial charge in [0.25, 0.3) is 0 Å². The number of anilines is 1. The summed E-state index contributed by atoms with van der Waals surface area (Å²) in [5, 5.41) is 22.0. The minimum Gasteiger partial charge on any atom is -0.505 e. The second-order valence-electron chi connectivity index (χ2n) is 9.84. The average Bonchev–Trinajstić information content (AvgIpc) is 3.01. The van der Waals surface area contributed by atoms with Gasteiger partial charge < -0.3 is 20.3 Å². The van der Waals surface area contributed by atoms with E-state index >= 15 is 0 Å². The van der Waals surface area contributed by atoms with Gasteiger partial charge in [0, 0.05) is 17.8 Å². The van der Waals surface area contributed by atoms with Gasteiger partial charge in [-0.2, -0.15) is 0 Å². The molecule has 30 heavy (non-hydrogen) atoms. The van der Waals surface area contributed by atoms with E-state index in [0.29, 0.717) is 5.92 Å². The van der Waals surface area contributed by atoms with Gasteiger partial charge in [-0.05, 0) is 55.7 Å². The molecule has 1 spiro atoms. The van der Waals surface area contributed by atoms with Crippen LogP contribution in [-0.4, -0.2) is 39.6 Å². The lowest BCUT2D eigenvalue weighted by Crippen LogP contribution is -2.57. The molecular weight excluding hydrogens is 386 g/mol. The van der Waals surface area contributed by atoms with Crippen LogP contribution in [0.15, 0.2) is 30.4 Å². The number of benzene rings is 1. The van der Waals surface area contributed by atoms with Crippen LogP contribution >= 0.6 is 0 Å². The number of carboxylic acid groups (broad SMARTS) is 1. The largest absolute Gasteiger partial charge is 0.505 e. The van der Waals surface area contributed by atoms with E-state index in [9.17, 15) is 19.5 Å². The highest BCUT2D eigenvalue weighted by molar-refractivity contribution is 6.03. The molecule has 3 aliphatic carbocycles. The van der Waals surface area contributed by atoms with Crippen LogP contribution in [-0.2, 0) is 14.3 Å². The van der Waals surface area contributed by atoms with Crippen molar-refractivity contribution in [2.24, 2.45) is 22.7 Å². The number of ether oxygens (including phenoxy) is 1. The molecule has 2 heterocycles. The fraction of sp³-hybridized carbons (Fsp3) is 0.522. The summed E-state index contributed by atoms with van der Waals surface area (Å²) in [5.74, 6) is -1.88. The van der Waals surface area contributed by atoms with E-state index in [1.54, 1.807) is 6.08 Å². The number of allylic oxidation sites excluding steroid dienone is 2. The first-order valence-corrected chi connectivity index (χ1v) is 10.3. The first-order chi connectivity index (χ1) is 14.1. The van der Waals surface area contributed by atoms with E-state index in [0.717, 1.165) is 19.3 Å². The van der Waals surface area contributed by atoms with Gasteiger partial charge in [-0.1, -0.05) is 19.1 Å². The molecule has 3 N–H and O–H groups in total. The summed E-state index contributed by atoms with van der Waals surface area (Å²) in [6, 6.07) is 4.15. The maximum absolute atomic E-state index is 13.0. The fourth-order valence-electron chi connectivity index (χ4n) is 6.90. The number of carbonyl (C=O) groups excluding carboxylic acids is 2. The van der Waals surface area contributed by atoms with Crippen LogP contribution < -0.4 is 5.32 Å². The lowest BCUT2D eigenvalue weighted by Gasteiger charge is -2.54. The maximum atomic E-state index is 13.0. The minimum atomic E-state index is -1.28. The average molecular weight is 411 g/mol. The minimum absolute atomic E-state index is 0.0223. The van der Waals surface area contributed by atoms with Crippen molar-refractivity contribution in [1.29, 1.82) is 0 Å². The Bertz CT molecular complexity index is 1020. The smallest absolute Gasteiger partial charge is 0.339 e. The number of hydrogen-bond acceptors (Lipinski definition) is 5. The highest BCUT2D eigenvalue weighted by Crippen LogP contribution is 2.71. The second-order valence-corrected chi connectivity index (χ2v) is 9.84. The molecule has 2 saturated heterocycles. The second kappa shape index (κ2) is 5.94. The van der Waals surface area contributed by atoms with Crippen molar-refractivity contribution in [1.82, 2.24) is 0 Å². The predicted molar refractivity (Wildman–Crippen MR) is 107 cm³/mol. The van der Waals surface area contributed by atoms with E-state index in [1.807, 2.05) is 6.92 Å². The topological polar surface area (TPSA) is 113 Å². The Kier molecular flexibility index (Phi) is 3.82. The van der Waals surface area contributed by atoms with Crippen molar-refractivity contribution >= 4 is 23.3 Å². The molecule has 2 saturated carbocycles. The molecule has 1 aromatic rings. The number of carbonyl (C=O) groups is 3. The molecule has 5 aliphatic rings. The summed E-state index contributed by atoms with van der Waals surface area (Å²) in [6.45, 7) is 4.01. The summed E-state index contributed by atoms with van der Waals surface area (Å²) < 4.78 is 6.38. The predicted octanol–water partition coefficient (Wildman–Crippen LogP) is 3.14. The van der Waals surface area contributed by atoms with E-state index in [4.69, 9.17) is 9.84 Å². The number of amides is 1. The lowest BCUT2D eigenvalue weighted by atomic mass is 9.51. The molecule has 5 unspecified atom stereocenters. The third kappa shape index (κ3) is 2.44. The SMILES string of the molecule is CC12CC34C=CC(=O)[C@@](C)(CC(=O)Nc5cccc(C(=O)O)c5O)C3C(CC1C4)O2. The van der Waals surface area contributed by atoms with Gasteiger partial charge in [-0.3, -0.25) is 9.59 Å². The van der Waals surface area contributed by atoms with Crippen LogP contribution in [0.1, 0.15) is 49.9 Å². The van der Waals surface area contributed by atoms with Crippen molar-refractivity contribution in [3.63, 3.8) is 0 Å². The zero-order valence-electron chi connectivity index (χ0n) is 17.0. The van der Waals surface area contributed by atoms with E-state index < -0.39 is 23.0 Å². The Morgan fingerprint density at radius 2 is 2.07 bits per heavy atom. The van der Waals surface area contributed by atoms with Crippen LogP contribution in [0.2, 0.25) is 0 Å². The van der Waals surface area contributed by atoms with Gasteiger partial charge in [0.1, 0.15) is 5.56 Å². The number of aromatic hydroxyl groups is 1. The standard InChI is InChI=1S/C23H25NO6/c1-21(10-17(26)24-14-5-3-4-13(18(14)27)20(28)29)16(25)6-7-23-9-12-8-15(19(21)23)30-22(12,2)11-23/h3-7,12,15,19,27H,8-11H2,1-2H3,(H,24,26)(H,28,29)/t12?,15?,19?,21-,22?,23?/m1/s1. The highest BCUT2D eigenvalue weighted by atomic mass is 16.5. The Balaban J connectivity index is 1.43. The molecule has 1 amide bonds. The van der Waals surface area contributed by atoms with Gasteiger partial charge >= 0.3 is 5.97 Å². The number of nitrogens with one attached hydrogen (secondary N) is 1. The molecule has 6 rings (SSSR count). The summed E-state index contributed by atoms with van der Waals surface area (Å²) in [5.41, 5.74) is -1.44. The molecule has 2 aliphatic heterocycles. The van der Waals surface area contributed by atoms with Crippen molar-refractivity contribution in [3.8, 4) is 5.75 Å². The summed E-state index contributed by atoms with van der Waals surface area (Å²) >= 11 is 0. The number of ketones is 1. The molecule has 6 atom stereocenters. The summed E-state index contributed by atoms with van der Waals surface area (Å²) in [7, 11) is 0. The Labute approximate surface area is 174 Å². The maximum Gasteiger partial charge on any atom is 0.339 e. The summed E-state index contributed by atoms with van der Waals surface area (Å²) in [4.78, 5) is 37.2. The molecule has 4 bridgehead atoms. The fourth-order valence-corrected chi connectivity index (χ4v) is 6.90. The van der Waals surface area contributed by atoms with Crippen LogP contribution in [0.3, 0.4) is 0 Å². The van der Waals surface area contributed by atoms with E-state index in [1.165, 1.54) is 18.2 Å². The molecule has 7 heteroatoms. The van der Waals surface area contributed by atoms with Gasteiger partial charge in [0.15, 0.2) is 11.5 Å². The summed E-state index contributed by atoms with van der Waals surface area (Å²) in [6.07, 6.45) is 6.38. The molecule has 7 nitrogen and oxygen atoms in total. The number of rotatable bonds is 4. The van der Waals surface area contributed by atoms with Crippen molar-refractivity contribution in [3.05, 3.63) is 35.9 Å². The zero-order chi connectivity index (χ0) is 21.5. The van der Waals surface area contributed by atoms with Crippen molar-refractivity contribution in [2.75, 3.05) is 5.32 Å². The van der Waals surface area contributed by atoms with Crippen LogP contribution in [0, 0.1) is 22.7 Å². The van der Waals surface area contributed by atoms with Gasteiger partial charge in [0.05, 0.1) is 17.4 Å². The van der Waals surface area contributed by atoms with Gasteiger partial charge in [-0.15, -0.1) is 0 Å². The number of para-hydroxylation sites is 1. The molecule has 158 valence electrons.